The molecule has 3 aromatic heterocycles. The molecule has 4 heterocycles. The van der Waals surface area contributed by atoms with Crippen molar-refractivity contribution in [1.29, 1.82) is 0 Å². The van der Waals surface area contributed by atoms with E-state index in [9.17, 15) is 4.79 Å². The lowest BCUT2D eigenvalue weighted by atomic mass is 10.2. The lowest BCUT2D eigenvalue weighted by Gasteiger charge is -2.35. The van der Waals surface area contributed by atoms with Crippen molar-refractivity contribution < 1.29 is 4.79 Å². The third kappa shape index (κ3) is 3.43. The summed E-state index contributed by atoms with van der Waals surface area (Å²) in [5.41, 5.74) is 0.595. The average molecular weight is 414 g/mol. The van der Waals surface area contributed by atoms with Crippen LogP contribution in [0.25, 0.3) is 5.82 Å². The number of carbonyl (C=O) groups excluding carboxylic acids is 1. The van der Waals surface area contributed by atoms with Crippen molar-refractivity contribution in [3.8, 4) is 5.82 Å². The summed E-state index contributed by atoms with van der Waals surface area (Å²) in [4.78, 5) is 33.4. The summed E-state index contributed by atoms with van der Waals surface area (Å²) in [6.07, 6.45) is 10.1. The Bertz CT molecular complexity index is 907. The van der Waals surface area contributed by atoms with Gasteiger partial charge < -0.3 is 9.80 Å². The quantitative estimate of drug-likeness (QED) is 0.650. The third-order valence-electron chi connectivity index (χ3n) is 4.25. The van der Waals surface area contributed by atoms with Crippen LogP contribution in [0.1, 0.15) is 10.4 Å². The lowest BCUT2D eigenvalue weighted by Crippen LogP contribution is -2.49. The molecule has 1 amide bonds. The first-order valence-electron chi connectivity index (χ1n) is 8.16. The number of aromatic nitrogens is 5. The maximum Gasteiger partial charge on any atom is 0.255 e. The number of rotatable bonds is 3. The van der Waals surface area contributed by atoms with Crippen molar-refractivity contribution in [3.05, 3.63) is 59.6 Å². The van der Waals surface area contributed by atoms with Gasteiger partial charge in [0.1, 0.15) is 24.3 Å². The Balaban J connectivity index is 1.44. The minimum Gasteiger partial charge on any atom is -0.353 e. The molecule has 1 aliphatic heterocycles. The lowest BCUT2D eigenvalue weighted by molar-refractivity contribution is 0.0746. The van der Waals surface area contributed by atoms with Gasteiger partial charge in [-0.2, -0.15) is 0 Å². The van der Waals surface area contributed by atoms with Crippen LogP contribution in [-0.2, 0) is 0 Å². The second-order valence-electron chi connectivity index (χ2n) is 5.88. The topological polar surface area (TPSA) is 80.0 Å². The molecular weight excluding hydrogens is 398 g/mol. The van der Waals surface area contributed by atoms with Gasteiger partial charge >= 0.3 is 0 Å². The van der Waals surface area contributed by atoms with Gasteiger partial charge in [0.25, 0.3) is 5.91 Å². The molecule has 1 fully saturated rings. The second-order valence-corrected chi connectivity index (χ2v) is 6.79. The molecule has 4 rings (SSSR count). The van der Waals surface area contributed by atoms with E-state index in [-0.39, 0.29) is 5.91 Å². The zero-order chi connectivity index (χ0) is 17.9. The van der Waals surface area contributed by atoms with Gasteiger partial charge in [-0.3, -0.25) is 14.3 Å². The predicted octanol–water partition coefficient (Wildman–Crippen LogP) is 1.78. The highest BCUT2D eigenvalue weighted by molar-refractivity contribution is 9.10. The largest absolute Gasteiger partial charge is 0.353 e. The molecule has 0 aromatic carbocycles. The fourth-order valence-electron chi connectivity index (χ4n) is 2.90. The van der Waals surface area contributed by atoms with Crippen LogP contribution >= 0.6 is 15.9 Å². The molecule has 0 N–H and O–H groups in total. The molecule has 0 unspecified atom stereocenters. The number of halogens is 1. The first-order valence-corrected chi connectivity index (χ1v) is 8.95. The van der Waals surface area contributed by atoms with Crippen LogP contribution < -0.4 is 4.90 Å². The Hall–Kier alpha value is -2.81. The molecule has 8 nitrogen and oxygen atoms in total. The van der Waals surface area contributed by atoms with E-state index in [0.29, 0.717) is 31.7 Å². The number of amides is 1. The summed E-state index contributed by atoms with van der Waals surface area (Å²) in [5, 5.41) is 0. The van der Waals surface area contributed by atoms with Gasteiger partial charge in [0.15, 0.2) is 0 Å². The van der Waals surface area contributed by atoms with Crippen molar-refractivity contribution in [2.24, 2.45) is 0 Å². The maximum absolute atomic E-state index is 12.6. The van der Waals surface area contributed by atoms with E-state index in [1.54, 1.807) is 37.3 Å². The van der Waals surface area contributed by atoms with Crippen LogP contribution in [0.4, 0.5) is 5.82 Å². The van der Waals surface area contributed by atoms with Crippen molar-refractivity contribution in [1.82, 2.24) is 29.4 Å². The number of hydrogen-bond donors (Lipinski definition) is 0. The number of carbonyl (C=O) groups is 1. The molecule has 0 radical (unpaired) electrons. The summed E-state index contributed by atoms with van der Waals surface area (Å²) in [5.74, 6) is 1.62. The highest BCUT2D eigenvalue weighted by Gasteiger charge is 2.23. The zero-order valence-corrected chi connectivity index (χ0v) is 15.4. The molecule has 26 heavy (non-hydrogen) atoms. The van der Waals surface area contributed by atoms with Crippen LogP contribution in [0.2, 0.25) is 0 Å². The maximum atomic E-state index is 12.6. The van der Waals surface area contributed by atoms with Crippen molar-refractivity contribution >= 4 is 27.7 Å². The Labute approximate surface area is 158 Å². The molecule has 1 saturated heterocycles. The number of anilines is 1. The van der Waals surface area contributed by atoms with E-state index >= 15 is 0 Å². The number of piperazine rings is 1. The second kappa shape index (κ2) is 7.20. The fraction of sp³-hybridized carbons (Fsp3) is 0.235. The monoisotopic (exact) mass is 413 g/mol. The highest BCUT2D eigenvalue weighted by Crippen LogP contribution is 2.18. The van der Waals surface area contributed by atoms with Crippen molar-refractivity contribution in [2.75, 3.05) is 31.1 Å². The highest BCUT2D eigenvalue weighted by atomic mass is 79.9. The van der Waals surface area contributed by atoms with Gasteiger partial charge in [0, 0.05) is 61.5 Å². The van der Waals surface area contributed by atoms with Gasteiger partial charge in [0.05, 0.1) is 5.56 Å². The molecule has 3 aromatic rings. The predicted molar refractivity (Wildman–Crippen MR) is 99.2 cm³/mol. The van der Waals surface area contributed by atoms with Gasteiger partial charge in [-0.1, -0.05) is 0 Å². The normalized spacial score (nSPS) is 14.5. The molecule has 0 aliphatic carbocycles. The first-order chi connectivity index (χ1) is 12.7. The number of nitrogens with zero attached hydrogens (tertiary/aromatic N) is 7. The molecule has 9 heteroatoms. The van der Waals surface area contributed by atoms with Gasteiger partial charge in [-0.25, -0.2) is 15.0 Å². The average Bonchev–Trinajstić information content (AvgIpc) is 3.23. The molecule has 0 saturated carbocycles. The third-order valence-corrected chi connectivity index (χ3v) is 4.68. The summed E-state index contributed by atoms with van der Waals surface area (Å²) < 4.78 is 2.64. The summed E-state index contributed by atoms with van der Waals surface area (Å²) in [6, 6.07) is 3.72. The van der Waals surface area contributed by atoms with Gasteiger partial charge in [0.2, 0.25) is 0 Å². The summed E-state index contributed by atoms with van der Waals surface area (Å²) >= 11 is 3.36. The molecule has 0 atom stereocenters. The van der Waals surface area contributed by atoms with Crippen LogP contribution in [0.3, 0.4) is 0 Å². The van der Waals surface area contributed by atoms with Crippen LogP contribution in [0.5, 0.6) is 0 Å². The molecule has 0 spiro atoms. The SMILES string of the molecule is O=C(c1cncc(Br)c1)N1CCN(c2cc(-n3ccnc3)ncn2)CC1. The Kier molecular flexibility index (Phi) is 4.61. The molecular formula is C17H16BrN7O. The van der Waals surface area contributed by atoms with E-state index in [1.165, 1.54) is 0 Å². The first kappa shape index (κ1) is 16.6. The zero-order valence-electron chi connectivity index (χ0n) is 13.9. The number of pyridine rings is 1. The van der Waals surface area contributed by atoms with E-state index in [0.717, 1.165) is 16.1 Å². The fourth-order valence-corrected chi connectivity index (χ4v) is 3.26. The molecule has 0 bridgehead atoms. The van der Waals surface area contributed by atoms with Crippen molar-refractivity contribution in [3.63, 3.8) is 0 Å². The van der Waals surface area contributed by atoms with Gasteiger partial charge in [-0.05, 0) is 22.0 Å². The number of hydrogen-bond acceptors (Lipinski definition) is 6. The van der Waals surface area contributed by atoms with E-state index < -0.39 is 0 Å². The Morgan fingerprint density at radius 3 is 2.54 bits per heavy atom. The molecule has 1 aliphatic rings. The standard InChI is InChI=1S/C17H16BrN7O/c18-14-7-13(9-20-10-14)17(26)24-5-3-23(4-6-24)15-8-16(22-11-21-15)25-2-1-19-12-25/h1-2,7-12H,3-6H2. The summed E-state index contributed by atoms with van der Waals surface area (Å²) in [7, 11) is 0. The summed E-state index contributed by atoms with van der Waals surface area (Å²) in [6.45, 7) is 2.70. The minimum atomic E-state index is 0.000224. The smallest absolute Gasteiger partial charge is 0.255 e. The Morgan fingerprint density at radius 1 is 1.00 bits per heavy atom. The van der Waals surface area contributed by atoms with E-state index in [2.05, 4.69) is 40.8 Å². The van der Waals surface area contributed by atoms with E-state index in [4.69, 9.17) is 0 Å². The van der Waals surface area contributed by atoms with Crippen LogP contribution in [0, 0.1) is 0 Å². The van der Waals surface area contributed by atoms with E-state index in [1.807, 2.05) is 21.7 Å². The Morgan fingerprint density at radius 2 is 1.81 bits per heavy atom. The number of imidazole rings is 1. The van der Waals surface area contributed by atoms with Crippen LogP contribution in [0.15, 0.2) is 54.0 Å². The molecule has 132 valence electrons. The van der Waals surface area contributed by atoms with Crippen molar-refractivity contribution in [2.45, 2.75) is 0 Å². The van der Waals surface area contributed by atoms with Crippen LogP contribution in [-0.4, -0.2) is 61.5 Å². The van der Waals surface area contributed by atoms with Gasteiger partial charge in [-0.15, -0.1) is 0 Å². The minimum absolute atomic E-state index is 0.000224.